The highest BCUT2D eigenvalue weighted by atomic mass is 19.4. The third-order valence-corrected chi connectivity index (χ3v) is 1.48. The molecule has 0 aromatic heterocycles. The molecular weight excluding hydrogens is 207 g/mol. The van der Waals surface area contributed by atoms with Gasteiger partial charge in [-0.1, -0.05) is 0 Å². The molecule has 5 nitrogen and oxygen atoms in total. The number of nitro groups is 1. The summed E-state index contributed by atoms with van der Waals surface area (Å²) in [4.78, 5) is 19.0. The third kappa shape index (κ3) is 4.06. The zero-order chi connectivity index (χ0) is 11.4. The maximum absolute atomic E-state index is 11.9. The van der Waals surface area contributed by atoms with E-state index in [1.165, 1.54) is 0 Å². The van der Waals surface area contributed by atoms with Crippen molar-refractivity contribution in [2.75, 3.05) is 7.11 Å². The lowest BCUT2D eigenvalue weighted by Gasteiger charge is -2.11. The van der Waals surface area contributed by atoms with Crippen LogP contribution in [-0.4, -0.2) is 30.2 Å². The summed E-state index contributed by atoms with van der Waals surface area (Å²) in [6, 6.07) is -2.71. The van der Waals surface area contributed by atoms with Crippen molar-refractivity contribution in [3.63, 3.8) is 0 Å². The lowest BCUT2D eigenvalue weighted by Crippen LogP contribution is -2.36. The highest BCUT2D eigenvalue weighted by molar-refractivity contribution is 5.69. The molecule has 14 heavy (non-hydrogen) atoms. The summed E-state index contributed by atoms with van der Waals surface area (Å²) in [5.74, 6) is -0.902. The Morgan fingerprint density at radius 2 is 2.07 bits per heavy atom. The normalized spacial score (nSPS) is 13.4. The van der Waals surface area contributed by atoms with Crippen LogP contribution < -0.4 is 0 Å². The number of methoxy groups -OCH3 is 1. The molecule has 0 saturated heterocycles. The van der Waals surface area contributed by atoms with Gasteiger partial charge in [0.25, 0.3) is 0 Å². The monoisotopic (exact) mass is 215 g/mol. The van der Waals surface area contributed by atoms with Gasteiger partial charge in [0.05, 0.1) is 13.5 Å². The molecule has 0 aliphatic carbocycles. The van der Waals surface area contributed by atoms with E-state index in [2.05, 4.69) is 4.74 Å². The zero-order valence-electron chi connectivity index (χ0n) is 7.21. The first kappa shape index (κ1) is 12.7. The van der Waals surface area contributed by atoms with E-state index in [1.807, 2.05) is 0 Å². The van der Waals surface area contributed by atoms with Gasteiger partial charge in [0.1, 0.15) is 0 Å². The van der Waals surface area contributed by atoms with Crippen LogP contribution >= 0.6 is 0 Å². The predicted molar refractivity (Wildman–Crippen MR) is 38.1 cm³/mol. The minimum atomic E-state index is -4.93. The molecule has 1 atom stereocenters. The minimum absolute atomic E-state index is 0.623. The number of alkyl halides is 3. The van der Waals surface area contributed by atoms with Crippen molar-refractivity contribution in [2.45, 2.75) is 25.1 Å². The first-order valence-electron chi connectivity index (χ1n) is 3.56. The molecule has 0 aliphatic rings. The van der Waals surface area contributed by atoms with Gasteiger partial charge in [-0.15, -0.1) is 0 Å². The van der Waals surface area contributed by atoms with E-state index in [0.717, 1.165) is 7.11 Å². The van der Waals surface area contributed by atoms with Gasteiger partial charge >= 0.3 is 18.2 Å². The fraction of sp³-hybridized carbons (Fsp3) is 0.833. The first-order valence-corrected chi connectivity index (χ1v) is 3.56. The van der Waals surface area contributed by atoms with E-state index in [-0.39, 0.29) is 0 Å². The fourth-order valence-corrected chi connectivity index (χ4v) is 0.745. The number of carbonyl (C=O) groups excluding carboxylic acids is 1. The quantitative estimate of drug-likeness (QED) is 0.400. The molecule has 0 rings (SSSR count). The highest BCUT2D eigenvalue weighted by Crippen LogP contribution is 2.25. The summed E-state index contributed by atoms with van der Waals surface area (Å²) >= 11 is 0. The molecule has 0 saturated carbocycles. The number of carbonyl (C=O) groups is 1. The maximum Gasteiger partial charge on any atom is 0.457 e. The fourth-order valence-electron chi connectivity index (χ4n) is 0.745. The molecule has 8 heteroatoms. The summed E-state index contributed by atoms with van der Waals surface area (Å²) in [6.45, 7) is 0. The molecule has 0 aromatic rings. The molecular formula is C6H8F3NO4. The van der Waals surface area contributed by atoms with Crippen LogP contribution in [0.2, 0.25) is 0 Å². The van der Waals surface area contributed by atoms with Crippen molar-refractivity contribution in [2.24, 2.45) is 0 Å². The van der Waals surface area contributed by atoms with E-state index >= 15 is 0 Å². The summed E-state index contributed by atoms with van der Waals surface area (Å²) in [5, 5.41) is 9.98. The lowest BCUT2D eigenvalue weighted by molar-refractivity contribution is -0.563. The Morgan fingerprint density at radius 1 is 1.57 bits per heavy atom. The van der Waals surface area contributed by atoms with Crippen LogP contribution in [0.5, 0.6) is 0 Å². The van der Waals surface area contributed by atoms with Crippen LogP contribution in [0.1, 0.15) is 12.8 Å². The summed E-state index contributed by atoms with van der Waals surface area (Å²) < 4.78 is 39.9. The summed E-state index contributed by atoms with van der Waals surface area (Å²) in [7, 11) is 0.997. The maximum atomic E-state index is 11.9. The number of hydrogen-bond acceptors (Lipinski definition) is 4. The van der Waals surface area contributed by atoms with Gasteiger partial charge in [-0.3, -0.25) is 14.9 Å². The van der Waals surface area contributed by atoms with E-state index in [0.29, 0.717) is 0 Å². The van der Waals surface area contributed by atoms with Crippen LogP contribution in [0.15, 0.2) is 0 Å². The Bertz CT molecular complexity index is 228. The second kappa shape index (κ2) is 4.77. The molecule has 0 N–H and O–H groups in total. The Labute approximate surface area is 77.0 Å². The molecule has 0 aromatic carbocycles. The molecule has 0 amide bonds. The second-order valence-corrected chi connectivity index (χ2v) is 2.46. The van der Waals surface area contributed by atoms with Gasteiger partial charge in [0.15, 0.2) is 0 Å². The van der Waals surface area contributed by atoms with Crippen LogP contribution in [0.3, 0.4) is 0 Å². The Balaban J connectivity index is 4.26. The standard InChI is InChI=1S/C6H8F3NO4/c1-14-5(11)3-2-4(10(12)13)6(7,8)9/h4H,2-3H2,1H3. The van der Waals surface area contributed by atoms with Gasteiger partial charge in [-0.2, -0.15) is 13.2 Å². The van der Waals surface area contributed by atoms with Gasteiger partial charge < -0.3 is 4.74 Å². The Hall–Kier alpha value is -1.34. The van der Waals surface area contributed by atoms with E-state index < -0.39 is 36.0 Å². The molecule has 0 bridgehead atoms. The number of esters is 1. The van der Waals surface area contributed by atoms with Crippen LogP contribution in [0.25, 0.3) is 0 Å². The summed E-state index contributed by atoms with van der Waals surface area (Å²) in [5.41, 5.74) is 0. The molecule has 0 aliphatic heterocycles. The number of rotatable bonds is 4. The van der Waals surface area contributed by atoms with Crippen molar-refractivity contribution in [1.82, 2.24) is 0 Å². The average Bonchev–Trinajstić information content (AvgIpc) is 2.01. The van der Waals surface area contributed by atoms with E-state index in [9.17, 15) is 28.1 Å². The largest absolute Gasteiger partial charge is 0.469 e. The molecule has 0 fully saturated rings. The zero-order valence-corrected chi connectivity index (χ0v) is 7.21. The smallest absolute Gasteiger partial charge is 0.457 e. The van der Waals surface area contributed by atoms with Crippen LogP contribution in [0.4, 0.5) is 13.2 Å². The van der Waals surface area contributed by atoms with Crippen molar-refractivity contribution in [3.8, 4) is 0 Å². The average molecular weight is 215 g/mol. The van der Waals surface area contributed by atoms with Gasteiger partial charge in [0.2, 0.25) is 0 Å². The van der Waals surface area contributed by atoms with Gasteiger partial charge in [0, 0.05) is 11.3 Å². The molecule has 1 unspecified atom stereocenters. The van der Waals surface area contributed by atoms with Crippen LogP contribution in [0, 0.1) is 10.1 Å². The highest BCUT2D eigenvalue weighted by Gasteiger charge is 2.49. The topological polar surface area (TPSA) is 69.4 Å². The predicted octanol–water partition coefficient (Wildman–Crippen LogP) is 1.15. The third-order valence-electron chi connectivity index (χ3n) is 1.48. The molecule has 0 heterocycles. The van der Waals surface area contributed by atoms with Crippen molar-refractivity contribution in [1.29, 1.82) is 0 Å². The van der Waals surface area contributed by atoms with Crippen LogP contribution in [-0.2, 0) is 9.53 Å². The van der Waals surface area contributed by atoms with Gasteiger partial charge in [-0.05, 0) is 0 Å². The van der Waals surface area contributed by atoms with E-state index in [1.54, 1.807) is 0 Å². The van der Waals surface area contributed by atoms with Crippen molar-refractivity contribution >= 4 is 5.97 Å². The number of hydrogen-bond donors (Lipinski definition) is 0. The number of halogens is 3. The van der Waals surface area contributed by atoms with Crippen molar-refractivity contribution < 1.29 is 27.6 Å². The minimum Gasteiger partial charge on any atom is -0.469 e. The van der Waals surface area contributed by atoms with Gasteiger partial charge in [-0.25, -0.2) is 0 Å². The SMILES string of the molecule is COC(=O)CCC([N+](=O)[O-])C(F)(F)F. The Kier molecular flexibility index (Phi) is 4.32. The lowest BCUT2D eigenvalue weighted by atomic mass is 10.1. The van der Waals surface area contributed by atoms with Crippen molar-refractivity contribution in [3.05, 3.63) is 10.1 Å². The first-order chi connectivity index (χ1) is 6.29. The Morgan fingerprint density at radius 3 is 2.36 bits per heavy atom. The number of nitrogens with zero attached hydrogens (tertiary/aromatic N) is 1. The number of ether oxygens (including phenoxy) is 1. The second-order valence-electron chi connectivity index (χ2n) is 2.46. The van der Waals surface area contributed by atoms with E-state index in [4.69, 9.17) is 0 Å². The summed E-state index contributed by atoms with van der Waals surface area (Å²) in [6.07, 6.45) is -6.46. The molecule has 0 radical (unpaired) electrons. The molecule has 0 spiro atoms. The molecule has 82 valence electrons.